The molecule has 7 nitrogen and oxygen atoms in total. The highest BCUT2D eigenvalue weighted by Gasteiger charge is 2.48. The van der Waals surface area contributed by atoms with Crippen molar-refractivity contribution in [3.8, 4) is 17.3 Å². The molecule has 0 amide bonds. The number of fused-ring (bicyclic) bond motifs is 2. The van der Waals surface area contributed by atoms with Gasteiger partial charge in [-0.05, 0) is 18.2 Å². The predicted octanol–water partition coefficient (Wildman–Crippen LogP) is 2.95. The van der Waals surface area contributed by atoms with Crippen LogP contribution in [0.25, 0.3) is 22.4 Å². The van der Waals surface area contributed by atoms with Gasteiger partial charge in [-0.1, -0.05) is 39.7 Å². The van der Waals surface area contributed by atoms with Gasteiger partial charge < -0.3 is 24.3 Å². The number of benzene rings is 1. The standard InChI is InChI=1S/C18H15BrClN3O4/c19-9-3-1-8(2-4-9)14-10(20)5-11-17(22-14)23-18(21-11)27-13-7-26-15-12(24)6-25-16(13)15/h1-5,12-13,15-16,24H,6-7H2,(H,21,22,23)/t12-,13-,15-,16-/m1/s1. The van der Waals surface area contributed by atoms with E-state index < -0.39 is 6.10 Å². The molecule has 0 bridgehead atoms. The van der Waals surface area contributed by atoms with E-state index >= 15 is 0 Å². The Morgan fingerprint density at radius 1 is 1.15 bits per heavy atom. The van der Waals surface area contributed by atoms with Gasteiger partial charge in [-0.15, -0.1) is 0 Å². The molecule has 2 aliphatic heterocycles. The van der Waals surface area contributed by atoms with Gasteiger partial charge in [0.05, 0.1) is 29.4 Å². The second-order valence-electron chi connectivity index (χ2n) is 6.56. The van der Waals surface area contributed by atoms with Crippen LogP contribution in [0.5, 0.6) is 6.01 Å². The van der Waals surface area contributed by atoms with Crippen LogP contribution >= 0.6 is 27.5 Å². The summed E-state index contributed by atoms with van der Waals surface area (Å²) >= 11 is 9.84. The largest absolute Gasteiger partial charge is 0.456 e. The molecule has 0 radical (unpaired) electrons. The lowest BCUT2D eigenvalue weighted by molar-refractivity contribution is 0.00706. The Balaban J connectivity index is 1.43. The van der Waals surface area contributed by atoms with Gasteiger partial charge in [0.1, 0.15) is 18.3 Å². The van der Waals surface area contributed by atoms with E-state index in [-0.39, 0.29) is 24.9 Å². The van der Waals surface area contributed by atoms with Crippen LogP contribution in [0, 0.1) is 0 Å². The summed E-state index contributed by atoms with van der Waals surface area (Å²) in [6.45, 7) is 0.588. The highest BCUT2D eigenvalue weighted by Crippen LogP contribution is 2.32. The lowest BCUT2D eigenvalue weighted by Crippen LogP contribution is -2.34. The maximum atomic E-state index is 9.83. The Labute approximate surface area is 167 Å². The molecule has 2 aliphatic rings. The number of halogens is 2. The molecule has 2 aromatic heterocycles. The number of aromatic amines is 1. The number of aromatic nitrogens is 3. The summed E-state index contributed by atoms with van der Waals surface area (Å²) in [5.74, 6) is 0. The normalized spacial score (nSPS) is 27.2. The first kappa shape index (κ1) is 17.4. The van der Waals surface area contributed by atoms with Crippen LogP contribution in [0.2, 0.25) is 5.02 Å². The maximum Gasteiger partial charge on any atom is 0.296 e. The first-order chi connectivity index (χ1) is 13.1. The Hall–Kier alpha value is -1.71. The first-order valence-electron chi connectivity index (χ1n) is 8.48. The molecular formula is C18H15BrClN3O4. The monoisotopic (exact) mass is 451 g/mol. The quantitative estimate of drug-likeness (QED) is 0.635. The van der Waals surface area contributed by atoms with Gasteiger partial charge in [-0.2, -0.15) is 4.98 Å². The number of imidazole rings is 1. The molecule has 4 heterocycles. The topological polar surface area (TPSA) is 89.5 Å². The van der Waals surface area contributed by atoms with Crippen LogP contribution in [0.1, 0.15) is 0 Å². The van der Waals surface area contributed by atoms with Gasteiger partial charge in [0.2, 0.25) is 0 Å². The van der Waals surface area contributed by atoms with E-state index in [1.54, 1.807) is 6.07 Å². The zero-order valence-electron chi connectivity index (χ0n) is 13.9. The second-order valence-corrected chi connectivity index (χ2v) is 7.88. The van der Waals surface area contributed by atoms with E-state index in [9.17, 15) is 5.11 Å². The van der Waals surface area contributed by atoms with Crippen LogP contribution in [-0.2, 0) is 9.47 Å². The van der Waals surface area contributed by atoms with Crippen LogP contribution < -0.4 is 4.74 Å². The fraction of sp³-hybridized carbons (Fsp3) is 0.333. The van der Waals surface area contributed by atoms with Crippen molar-refractivity contribution in [3.63, 3.8) is 0 Å². The smallest absolute Gasteiger partial charge is 0.296 e. The molecule has 9 heteroatoms. The van der Waals surface area contributed by atoms with Crippen molar-refractivity contribution in [3.05, 3.63) is 39.8 Å². The Kier molecular flexibility index (Phi) is 4.33. The van der Waals surface area contributed by atoms with Crippen molar-refractivity contribution < 1.29 is 19.3 Å². The highest BCUT2D eigenvalue weighted by molar-refractivity contribution is 9.10. The number of rotatable bonds is 3. The fourth-order valence-electron chi connectivity index (χ4n) is 3.45. The van der Waals surface area contributed by atoms with Gasteiger partial charge in [-0.25, -0.2) is 4.98 Å². The molecule has 27 heavy (non-hydrogen) atoms. The van der Waals surface area contributed by atoms with Crippen molar-refractivity contribution in [1.82, 2.24) is 15.0 Å². The Bertz CT molecular complexity index is 996. The lowest BCUT2D eigenvalue weighted by Gasteiger charge is -2.15. The van der Waals surface area contributed by atoms with Gasteiger partial charge in [0.25, 0.3) is 6.01 Å². The van der Waals surface area contributed by atoms with Crippen molar-refractivity contribution in [2.75, 3.05) is 13.2 Å². The second kappa shape index (κ2) is 6.72. The van der Waals surface area contributed by atoms with E-state index in [4.69, 9.17) is 25.8 Å². The van der Waals surface area contributed by atoms with E-state index in [2.05, 4.69) is 30.9 Å². The highest BCUT2D eigenvalue weighted by atomic mass is 79.9. The van der Waals surface area contributed by atoms with Crippen LogP contribution in [0.15, 0.2) is 34.8 Å². The maximum absolute atomic E-state index is 9.83. The number of H-pyrrole nitrogens is 1. The van der Waals surface area contributed by atoms with Crippen molar-refractivity contribution in [1.29, 1.82) is 0 Å². The number of aliphatic hydroxyl groups is 1. The molecule has 0 unspecified atom stereocenters. The summed E-state index contributed by atoms with van der Waals surface area (Å²) in [4.78, 5) is 12.1. The van der Waals surface area contributed by atoms with E-state index in [1.807, 2.05) is 24.3 Å². The van der Waals surface area contributed by atoms with Gasteiger partial charge in [0.15, 0.2) is 11.8 Å². The summed E-state index contributed by atoms with van der Waals surface area (Å²) < 4.78 is 18.0. The molecule has 2 saturated heterocycles. The average Bonchev–Trinajstić information content (AvgIpc) is 3.33. The van der Waals surface area contributed by atoms with Gasteiger partial charge in [-0.3, -0.25) is 0 Å². The van der Waals surface area contributed by atoms with E-state index in [0.29, 0.717) is 34.5 Å². The number of aliphatic hydroxyl groups excluding tert-OH is 1. The minimum absolute atomic E-state index is 0.253. The Morgan fingerprint density at radius 3 is 2.74 bits per heavy atom. The number of ether oxygens (including phenoxy) is 3. The average molecular weight is 453 g/mol. The van der Waals surface area contributed by atoms with Crippen molar-refractivity contribution in [2.24, 2.45) is 0 Å². The molecule has 140 valence electrons. The molecule has 2 N–H and O–H groups in total. The fourth-order valence-corrected chi connectivity index (χ4v) is 3.97. The number of hydrogen-bond donors (Lipinski definition) is 2. The Morgan fingerprint density at radius 2 is 1.93 bits per heavy atom. The van der Waals surface area contributed by atoms with Gasteiger partial charge >= 0.3 is 0 Å². The third-order valence-electron chi connectivity index (χ3n) is 4.77. The molecule has 0 aliphatic carbocycles. The summed E-state index contributed by atoms with van der Waals surface area (Å²) in [6, 6.07) is 9.85. The minimum Gasteiger partial charge on any atom is -0.456 e. The summed E-state index contributed by atoms with van der Waals surface area (Å²) in [7, 11) is 0. The molecule has 4 atom stereocenters. The predicted molar refractivity (Wildman–Crippen MR) is 102 cm³/mol. The zero-order chi connectivity index (χ0) is 18.5. The molecule has 1 aromatic carbocycles. The summed E-state index contributed by atoms with van der Waals surface area (Å²) in [6.07, 6.45) is -1.61. The van der Waals surface area contributed by atoms with Gasteiger partial charge in [0, 0.05) is 10.0 Å². The van der Waals surface area contributed by atoms with Crippen LogP contribution in [-0.4, -0.2) is 57.7 Å². The molecule has 5 rings (SSSR count). The number of pyridine rings is 1. The first-order valence-corrected chi connectivity index (χ1v) is 9.66. The molecule has 0 saturated carbocycles. The molecule has 2 fully saturated rings. The summed E-state index contributed by atoms with van der Waals surface area (Å²) in [5.41, 5.74) is 2.74. The third kappa shape index (κ3) is 3.11. The SMILES string of the molecule is O[C@@H]1CO[C@H]2[C@@H]1OC[C@H]2Oc1nc2nc(-c3ccc(Br)cc3)c(Cl)cc2[nH]1. The summed E-state index contributed by atoms with van der Waals surface area (Å²) in [5, 5.41) is 10.3. The molecular weight excluding hydrogens is 438 g/mol. The van der Waals surface area contributed by atoms with Crippen LogP contribution in [0.3, 0.4) is 0 Å². The van der Waals surface area contributed by atoms with E-state index in [0.717, 1.165) is 10.0 Å². The molecule has 0 spiro atoms. The number of hydrogen-bond acceptors (Lipinski definition) is 6. The number of nitrogens with zero attached hydrogens (tertiary/aromatic N) is 2. The zero-order valence-corrected chi connectivity index (χ0v) is 16.3. The van der Waals surface area contributed by atoms with Crippen molar-refractivity contribution >= 4 is 38.7 Å². The van der Waals surface area contributed by atoms with E-state index in [1.165, 1.54) is 0 Å². The third-order valence-corrected chi connectivity index (χ3v) is 5.58. The van der Waals surface area contributed by atoms with Crippen molar-refractivity contribution in [2.45, 2.75) is 24.4 Å². The molecule has 3 aromatic rings. The number of nitrogens with one attached hydrogen (secondary N) is 1. The van der Waals surface area contributed by atoms with Crippen LogP contribution in [0.4, 0.5) is 0 Å². The minimum atomic E-state index is -0.617. The lowest BCUT2D eigenvalue weighted by atomic mass is 10.1.